The summed E-state index contributed by atoms with van der Waals surface area (Å²) in [5, 5.41) is 12.7. The van der Waals surface area contributed by atoms with Crippen LogP contribution in [0.4, 0.5) is 13.2 Å². The molecule has 10 nitrogen and oxygen atoms in total. The molecule has 0 saturated heterocycles. The van der Waals surface area contributed by atoms with Crippen LogP contribution in [0.25, 0.3) is 33.5 Å². The summed E-state index contributed by atoms with van der Waals surface area (Å²) in [6, 6.07) is 12.4. The first-order chi connectivity index (χ1) is 18.2. The van der Waals surface area contributed by atoms with Gasteiger partial charge in [-0.1, -0.05) is 44.1 Å². The summed E-state index contributed by atoms with van der Waals surface area (Å²) in [4.78, 5) is 32.7. The number of H-pyrrole nitrogens is 1. The summed E-state index contributed by atoms with van der Waals surface area (Å²) in [5.41, 5.74) is 0.253. The third kappa shape index (κ3) is 3.84. The second kappa shape index (κ2) is 8.66. The van der Waals surface area contributed by atoms with Crippen LogP contribution in [-0.2, 0) is 12.7 Å². The van der Waals surface area contributed by atoms with Crippen molar-refractivity contribution in [3.05, 3.63) is 104 Å². The van der Waals surface area contributed by atoms with Crippen molar-refractivity contribution in [1.29, 1.82) is 0 Å². The molecule has 0 aliphatic carbocycles. The lowest BCUT2D eigenvalue weighted by Crippen LogP contribution is -2.52. The van der Waals surface area contributed by atoms with E-state index in [9.17, 15) is 22.8 Å². The first-order valence-corrected chi connectivity index (χ1v) is 11.4. The number of aromatic amines is 1. The number of rotatable bonds is 4. The SMILES string of the molecule is O=c1nnc2c(-c3ccc(Cl)cc3)c(-c3cc[nH+]cc3)c3n[n+](Cc4ccc(C(F)(F)F)nc4)c(=O)n3n12. The molecule has 0 atom stereocenters. The minimum Gasteiger partial charge on any atom is -0.251 e. The van der Waals surface area contributed by atoms with Crippen molar-refractivity contribution in [3.8, 4) is 22.3 Å². The third-order valence-electron chi connectivity index (χ3n) is 5.91. The molecule has 0 bridgehead atoms. The van der Waals surface area contributed by atoms with E-state index < -0.39 is 23.2 Å². The molecule has 14 heteroatoms. The molecule has 0 aliphatic heterocycles. The Bertz CT molecular complexity index is 1920. The van der Waals surface area contributed by atoms with Gasteiger partial charge in [0.15, 0.2) is 12.4 Å². The van der Waals surface area contributed by atoms with Gasteiger partial charge in [-0.3, -0.25) is 4.98 Å². The molecule has 6 rings (SSSR count). The number of nitrogens with zero attached hydrogens (tertiary/aromatic N) is 7. The molecule has 0 amide bonds. The van der Waals surface area contributed by atoms with Gasteiger partial charge in [0.25, 0.3) is 5.65 Å². The lowest BCUT2D eigenvalue weighted by molar-refractivity contribution is -0.755. The number of halogens is 4. The molecule has 38 heavy (non-hydrogen) atoms. The Balaban J connectivity index is 1.65. The minimum atomic E-state index is -4.59. The molecule has 0 aliphatic rings. The third-order valence-corrected chi connectivity index (χ3v) is 6.17. The zero-order chi connectivity index (χ0) is 26.6. The van der Waals surface area contributed by atoms with Gasteiger partial charge in [0, 0.05) is 40.0 Å². The highest BCUT2D eigenvalue weighted by atomic mass is 35.5. The quantitative estimate of drug-likeness (QED) is 0.318. The van der Waals surface area contributed by atoms with E-state index in [1.54, 1.807) is 48.8 Å². The van der Waals surface area contributed by atoms with Crippen LogP contribution >= 0.6 is 11.6 Å². The predicted molar refractivity (Wildman–Crippen MR) is 126 cm³/mol. The molecule has 1 aromatic carbocycles. The number of nitrogens with one attached hydrogen (secondary N) is 1. The van der Waals surface area contributed by atoms with Crippen LogP contribution in [0.2, 0.25) is 5.02 Å². The highest BCUT2D eigenvalue weighted by molar-refractivity contribution is 6.30. The predicted octanol–water partition coefficient (Wildman–Crippen LogP) is 2.09. The van der Waals surface area contributed by atoms with Crippen molar-refractivity contribution in [2.75, 3.05) is 0 Å². The molecule has 0 radical (unpaired) electrons. The number of pyridine rings is 2. The van der Waals surface area contributed by atoms with Crippen molar-refractivity contribution in [2.45, 2.75) is 12.7 Å². The van der Waals surface area contributed by atoms with Crippen LogP contribution in [-0.4, -0.2) is 29.3 Å². The fourth-order valence-corrected chi connectivity index (χ4v) is 4.37. The van der Waals surface area contributed by atoms with Crippen molar-refractivity contribution in [1.82, 2.24) is 29.3 Å². The standard InChI is InChI=1S/C24H13ClF3N8O2/c25-16-4-2-14(3-5-16)18-19(15-7-9-29-10-8-15)21-33-34(12-13-1-6-17(30-11-13)24(26,27)28)23(38)36(21)35-20(18)31-32-22(35)37/h1-11H,12H2/q+1/p+1. The molecule has 1 N–H and O–H groups in total. The van der Waals surface area contributed by atoms with Gasteiger partial charge in [-0.15, -0.1) is 5.10 Å². The molecule has 5 aromatic heterocycles. The highest BCUT2D eigenvalue weighted by Gasteiger charge is 2.33. The first-order valence-electron chi connectivity index (χ1n) is 11.0. The first kappa shape index (κ1) is 23.6. The van der Waals surface area contributed by atoms with E-state index in [4.69, 9.17) is 11.6 Å². The van der Waals surface area contributed by atoms with Crippen LogP contribution in [0.15, 0.2) is 76.7 Å². The van der Waals surface area contributed by atoms with Crippen molar-refractivity contribution >= 4 is 22.9 Å². The summed E-state index contributed by atoms with van der Waals surface area (Å²) in [6.07, 6.45) is -0.191. The lowest BCUT2D eigenvalue weighted by Gasteiger charge is -2.09. The van der Waals surface area contributed by atoms with Gasteiger partial charge < -0.3 is 0 Å². The van der Waals surface area contributed by atoms with Crippen LogP contribution < -0.4 is 21.0 Å². The molecule has 188 valence electrons. The maximum atomic E-state index is 13.5. The second-order valence-electron chi connectivity index (χ2n) is 8.29. The normalized spacial score (nSPS) is 12.0. The summed E-state index contributed by atoms with van der Waals surface area (Å²) in [7, 11) is 0. The van der Waals surface area contributed by atoms with Gasteiger partial charge in [-0.25, -0.2) is 9.78 Å². The van der Waals surface area contributed by atoms with Crippen LogP contribution in [0.3, 0.4) is 0 Å². The molecular formula is C24H14ClF3N8O2+2. The maximum Gasteiger partial charge on any atom is 0.545 e. The highest BCUT2D eigenvalue weighted by Crippen LogP contribution is 2.36. The molecule has 0 fully saturated rings. The maximum absolute atomic E-state index is 13.5. The molecule has 5 heterocycles. The Kier molecular flexibility index (Phi) is 5.38. The van der Waals surface area contributed by atoms with Crippen LogP contribution in [0.1, 0.15) is 11.3 Å². The summed E-state index contributed by atoms with van der Waals surface area (Å²) >= 11 is 6.09. The topological polar surface area (TPSA) is 113 Å². The largest absolute Gasteiger partial charge is 0.545 e. The molecule has 0 saturated carbocycles. The molecule has 6 aromatic rings. The number of hydrogen-bond acceptors (Lipinski definition) is 6. The van der Waals surface area contributed by atoms with E-state index >= 15 is 0 Å². The fraction of sp³-hybridized carbons (Fsp3) is 0.0833. The Labute approximate surface area is 214 Å². The molecule has 0 spiro atoms. The Morgan fingerprint density at radius 2 is 1.55 bits per heavy atom. The van der Waals surface area contributed by atoms with E-state index in [-0.39, 0.29) is 17.8 Å². The zero-order valence-electron chi connectivity index (χ0n) is 19.0. The molecule has 0 unspecified atom stereocenters. The Morgan fingerprint density at radius 1 is 0.868 bits per heavy atom. The fourth-order valence-electron chi connectivity index (χ4n) is 4.24. The number of fused-ring (bicyclic) bond motifs is 3. The van der Waals surface area contributed by atoms with Crippen LogP contribution in [0.5, 0.6) is 0 Å². The van der Waals surface area contributed by atoms with Crippen molar-refractivity contribution in [3.63, 3.8) is 0 Å². The van der Waals surface area contributed by atoms with Gasteiger partial charge >= 0.3 is 17.6 Å². The number of alkyl halides is 3. The van der Waals surface area contributed by atoms with Gasteiger partial charge in [-0.2, -0.15) is 18.0 Å². The summed E-state index contributed by atoms with van der Waals surface area (Å²) in [5.74, 6) is 0. The van der Waals surface area contributed by atoms with Gasteiger partial charge in [0.2, 0.25) is 5.65 Å². The monoisotopic (exact) mass is 538 g/mol. The van der Waals surface area contributed by atoms with E-state index in [0.717, 1.165) is 26.0 Å². The van der Waals surface area contributed by atoms with Crippen molar-refractivity contribution in [2.24, 2.45) is 0 Å². The van der Waals surface area contributed by atoms with E-state index in [1.807, 2.05) is 0 Å². The van der Waals surface area contributed by atoms with Gasteiger partial charge in [0.1, 0.15) is 12.2 Å². The van der Waals surface area contributed by atoms with E-state index in [0.29, 0.717) is 32.8 Å². The number of aromatic nitrogens is 8. The summed E-state index contributed by atoms with van der Waals surface area (Å²) in [6.45, 7) is -0.193. The van der Waals surface area contributed by atoms with Crippen molar-refractivity contribution < 1.29 is 22.8 Å². The average Bonchev–Trinajstić information content (AvgIpc) is 3.43. The van der Waals surface area contributed by atoms with Gasteiger partial charge in [0.05, 0.1) is 5.56 Å². The van der Waals surface area contributed by atoms with Crippen LogP contribution in [0, 0.1) is 0 Å². The lowest BCUT2D eigenvalue weighted by atomic mass is 9.97. The van der Waals surface area contributed by atoms with E-state index in [1.165, 1.54) is 6.07 Å². The minimum absolute atomic E-state index is 0.116. The Hall–Kier alpha value is -4.78. The smallest absolute Gasteiger partial charge is 0.251 e. The number of benzene rings is 1. The van der Waals surface area contributed by atoms with E-state index in [2.05, 4.69) is 25.3 Å². The zero-order valence-corrected chi connectivity index (χ0v) is 19.8. The Morgan fingerprint density at radius 3 is 2.21 bits per heavy atom. The number of hydrogen-bond donors (Lipinski definition) is 0. The second-order valence-corrected chi connectivity index (χ2v) is 8.73. The van der Waals surface area contributed by atoms with Gasteiger partial charge in [-0.05, 0) is 33.4 Å². The molecular weight excluding hydrogens is 525 g/mol. The summed E-state index contributed by atoms with van der Waals surface area (Å²) < 4.78 is 41.9. The average molecular weight is 539 g/mol.